The van der Waals surface area contributed by atoms with Gasteiger partial charge in [0.05, 0.1) is 20.6 Å². The highest BCUT2D eigenvalue weighted by atomic mass is 35.5. The lowest BCUT2D eigenvalue weighted by molar-refractivity contribution is -0.145. The van der Waals surface area contributed by atoms with Gasteiger partial charge < -0.3 is 15.2 Å². The van der Waals surface area contributed by atoms with Crippen molar-refractivity contribution >= 4 is 63.8 Å². The molecule has 0 saturated carbocycles. The van der Waals surface area contributed by atoms with Crippen LogP contribution in [0.1, 0.15) is 18.9 Å². The Morgan fingerprint density at radius 1 is 1.31 bits per heavy atom. The van der Waals surface area contributed by atoms with Gasteiger partial charge in [-0.1, -0.05) is 48.3 Å². The molecule has 1 aliphatic rings. The highest BCUT2D eigenvalue weighted by Crippen LogP contribution is 2.34. The van der Waals surface area contributed by atoms with Crippen LogP contribution in [-0.4, -0.2) is 28.3 Å². The largest absolute Gasteiger partial charge is 0.479 e. The van der Waals surface area contributed by atoms with Crippen molar-refractivity contribution in [2.24, 2.45) is 4.99 Å². The molecule has 2 aromatic rings. The molecule has 0 radical (unpaired) electrons. The number of carbonyl (C=O) groups is 2. The van der Waals surface area contributed by atoms with Gasteiger partial charge in [0.15, 0.2) is 11.3 Å². The smallest absolute Gasteiger partial charge is 0.344 e. The third-order valence-electron chi connectivity index (χ3n) is 3.88. The minimum absolute atomic E-state index is 0.296. The third kappa shape index (κ3) is 5.32. The van der Waals surface area contributed by atoms with Crippen LogP contribution in [0.25, 0.3) is 6.08 Å². The fourth-order valence-corrected chi connectivity index (χ4v) is 3.64. The van der Waals surface area contributed by atoms with Gasteiger partial charge in [-0.3, -0.25) is 4.79 Å². The Morgan fingerprint density at radius 2 is 2.07 bits per heavy atom. The number of nitrogens with one attached hydrogen (secondary N) is 1. The first-order valence-electron chi connectivity index (χ1n) is 8.60. The molecule has 9 heteroatoms. The monoisotopic (exact) mass is 450 g/mol. The lowest BCUT2D eigenvalue weighted by Crippen LogP contribution is -2.25. The Morgan fingerprint density at radius 3 is 2.79 bits per heavy atom. The molecule has 0 bridgehead atoms. The Balaban J connectivity index is 1.80. The number of hydrogen-bond acceptors (Lipinski definition) is 5. The van der Waals surface area contributed by atoms with Gasteiger partial charge in [0.25, 0.3) is 5.91 Å². The van der Waals surface area contributed by atoms with E-state index in [9.17, 15) is 9.59 Å². The average Bonchev–Trinajstić information content (AvgIpc) is 3.02. The minimum atomic E-state index is -1.03. The number of thioether (sulfide) groups is 1. The maximum Gasteiger partial charge on any atom is 0.344 e. The van der Waals surface area contributed by atoms with Crippen molar-refractivity contribution in [2.75, 3.05) is 0 Å². The molecule has 0 spiro atoms. The number of ether oxygens (including phenoxy) is 1. The molecular formula is C20H16Cl2N2O4S. The van der Waals surface area contributed by atoms with Crippen LogP contribution in [0.5, 0.6) is 5.75 Å². The number of carboxylic acid groups (broad SMARTS) is 1. The standard InChI is InChI=1S/C20H16Cl2N2O4S/c1-2-15(19(26)27)28-12-6-3-5-11(9-12)10-16-18(25)24-20(29-16)23-14-8-4-7-13(21)17(14)22/h3-10,15H,2H2,1H3,(H,26,27)(H,23,24,25)/b16-10+. The summed E-state index contributed by atoms with van der Waals surface area (Å²) in [4.78, 5) is 28.2. The topological polar surface area (TPSA) is 88.0 Å². The second kappa shape index (κ2) is 9.35. The number of carboxylic acids is 1. The summed E-state index contributed by atoms with van der Waals surface area (Å²) in [6.45, 7) is 1.73. The summed E-state index contributed by atoms with van der Waals surface area (Å²) in [6.07, 6.45) is 1.09. The van der Waals surface area contributed by atoms with Crippen molar-refractivity contribution < 1.29 is 19.4 Å². The molecule has 1 amide bonds. The minimum Gasteiger partial charge on any atom is -0.479 e. The van der Waals surface area contributed by atoms with Crippen LogP contribution in [-0.2, 0) is 9.59 Å². The molecule has 2 aromatic carbocycles. The molecule has 1 atom stereocenters. The van der Waals surface area contributed by atoms with Gasteiger partial charge in [-0.2, -0.15) is 0 Å². The van der Waals surface area contributed by atoms with Crippen molar-refractivity contribution in [1.82, 2.24) is 5.32 Å². The second-order valence-corrected chi connectivity index (χ2v) is 7.80. The molecule has 1 aliphatic heterocycles. The summed E-state index contributed by atoms with van der Waals surface area (Å²) >= 11 is 13.3. The number of amidine groups is 1. The van der Waals surface area contributed by atoms with Crippen molar-refractivity contribution in [1.29, 1.82) is 0 Å². The SMILES string of the molecule is CCC(Oc1cccc(/C=C2/SC(=Nc3cccc(Cl)c3Cl)NC2=O)c1)C(=O)O. The number of benzene rings is 2. The first kappa shape index (κ1) is 21.2. The molecule has 0 aromatic heterocycles. The zero-order chi connectivity index (χ0) is 21.0. The highest BCUT2D eigenvalue weighted by Gasteiger charge is 2.24. The summed E-state index contributed by atoms with van der Waals surface area (Å²) in [5.74, 6) is -0.908. The van der Waals surface area contributed by atoms with E-state index in [-0.39, 0.29) is 5.91 Å². The number of carbonyl (C=O) groups excluding carboxylic acids is 1. The van der Waals surface area contributed by atoms with Crippen LogP contribution in [0.2, 0.25) is 10.0 Å². The molecule has 3 rings (SSSR count). The predicted molar refractivity (Wildman–Crippen MR) is 116 cm³/mol. The molecule has 1 unspecified atom stereocenters. The number of halogens is 2. The maximum absolute atomic E-state index is 12.3. The van der Waals surface area contributed by atoms with E-state index >= 15 is 0 Å². The van der Waals surface area contributed by atoms with Crippen LogP contribution in [0.3, 0.4) is 0 Å². The van der Waals surface area contributed by atoms with Crippen LogP contribution in [0, 0.1) is 0 Å². The average molecular weight is 451 g/mol. The summed E-state index contributed by atoms with van der Waals surface area (Å²) < 4.78 is 5.49. The van der Waals surface area contributed by atoms with E-state index in [2.05, 4.69) is 10.3 Å². The van der Waals surface area contributed by atoms with E-state index < -0.39 is 12.1 Å². The first-order chi connectivity index (χ1) is 13.9. The number of aliphatic carboxylic acids is 1. The molecule has 1 saturated heterocycles. The Kier molecular flexibility index (Phi) is 6.84. The maximum atomic E-state index is 12.3. The van der Waals surface area contributed by atoms with E-state index in [1.807, 2.05) is 0 Å². The van der Waals surface area contributed by atoms with Gasteiger partial charge in [-0.05, 0) is 54.1 Å². The number of amides is 1. The summed E-state index contributed by atoms with van der Waals surface area (Å²) in [5.41, 5.74) is 1.15. The molecule has 150 valence electrons. The summed E-state index contributed by atoms with van der Waals surface area (Å²) in [6, 6.07) is 11.9. The van der Waals surface area contributed by atoms with E-state index in [0.717, 1.165) is 0 Å². The normalized spacial score (nSPS) is 17.4. The molecule has 6 nitrogen and oxygen atoms in total. The quantitative estimate of drug-likeness (QED) is 0.595. The number of nitrogens with zero attached hydrogens (tertiary/aromatic N) is 1. The van der Waals surface area contributed by atoms with E-state index in [1.54, 1.807) is 55.5 Å². The zero-order valence-electron chi connectivity index (χ0n) is 15.2. The van der Waals surface area contributed by atoms with Gasteiger partial charge in [-0.15, -0.1) is 0 Å². The van der Waals surface area contributed by atoms with Crippen LogP contribution in [0.15, 0.2) is 52.4 Å². The van der Waals surface area contributed by atoms with Gasteiger partial charge >= 0.3 is 5.97 Å². The number of aliphatic imine (C=N–C) groups is 1. The third-order valence-corrected chi connectivity index (χ3v) is 5.60. The fraction of sp³-hybridized carbons (Fsp3) is 0.150. The summed E-state index contributed by atoms with van der Waals surface area (Å²) in [7, 11) is 0. The van der Waals surface area contributed by atoms with Gasteiger partial charge in [-0.25, -0.2) is 9.79 Å². The molecule has 0 aliphatic carbocycles. The molecular weight excluding hydrogens is 435 g/mol. The zero-order valence-corrected chi connectivity index (χ0v) is 17.5. The highest BCUT2D eigenvalue weighted by molar-refractivity contribution is 8.18. The van der Waals surface area contributed by atoms with Crippen molar-refractivity contribution in [3.05, 3.63) is 63.0 Å². The number of rotatable bonds is 6. The summed E-state index contributed by atoms with van der Waals surface area (Å²) in [5, 5.41) is 12.9. The van der Waals surface area contributed by atoms with Crippen LogP contribution < -0.4 is 10.1 Å². The molecule has 2 N–H and O–H groups in total. The Labute approximate surface area is 181 Å². The van der Waals surface area contributed by atoms with E-state index in [0.29, 0.717) is 43.5 Å². The lowest BCUT2D eigenvalue weighted by atomic mass is 10.2. The predicted octanol–water partition coefficient (Wildman–Crippen LogP) is 5.13. The van der Waals surface area contributed by atoms with E-state index in [1.165, 1.54) is 11.8 Å². The van der Waals surface area contributed by atoms with Crippen molar-refractivity contribution in [3.63, 3.8) is 0 Å². The lowest BCUT2D eigenvalue weighted by Gasteiger charge is -2.13. The van der Waals surface area contributed by atoms with E-state index in [4.69, 9.17) is 33.0 Å². The second-order valence-electron chi connectivity index (χ2n) is 5.98. The van der Waals surface area contributed by atoms with Crippen molar-refractivity contribution in [2.45, 2.75) is 19.4 Å². The molecule has 1 heterocycles. The van der Waals surface area contributed by atoms with Gasteiger partial charge in [0, 0.05) is 0 Å². The number of hydrogen-bond donors (Lipinski definition) is 2. The van der Waals surface area contributed by atoms with Gasteiger partial charge in [0.1, 0.15) is 5.75 Å². The van der Waals surface area contributed by atoms with Crippen LogP contribution in [0.4, 0.5) is 5.69 Å². The molecule has 29 heavy (non-hydrogen) atoms. The van der Waals surface area contributed by atoms with Gasteiger partial charge in [0.2, 0.25) is 0 Å². The van der Waals surface area contributed by atoms with Crippen molar-refractivity contribution in [3.8, 4) is 5.75 Å². The Bertz CT molecular complexity index is 1020. The Hall–Kier alpha value is -2.48. The fourth-order valence-electron chi connectivity index (χ4n) is 2.47. The first-order valence-corrected chi connectivity index (χ1v) is 10.2. The van der Waals surface area contributed by atoms with Crippen LogP contribution >= 0.6 is 35.0 Å². The molecule has 1 fully saturated rings.